The smallest absolute Gasteiger partial charge is 0.339 e. The van der Waals surface area contributed by atoms with Gasteiger partial charge in [0, 0.05) is 11.5 Å². The van der Waals surface area contributed by atoms with E-state index < -0.39 is 0 Å². The van der Waals surface area contributed by atoms with E-state index in [0.717, 1.165) is 17.7 Å². The number of esters is 1. The van der Waals surface area contributed by atoms with Crippen molar-refractivity contribution in [2.45, 2.75) is 18.4 Å². The van der Waals surface area contributed by atoms with Gasteiger partial charge in [-0.2, -0.15) is 0 Å². The first-order valence-electron chi connectivity index (χ1n) is 8.09. The maximum atomic E-state index is 14.4. The van der Waals surface area contributed by atoms with Gasteiger partial charge in [0.05, 0.1) is 24.4 Å². The summed E-state index contributed by atoms with van der Waals surface area (Å²) in [6, 6.07) is 12.3. The monoisotopic (exact) mass is 323 g/mol. The summed E-state index contributed by atoms with van der Waals surface area (Å²) >= 11 is 0. The van der Waals surface area contributed by atoms with Gasteiger partial charge in [-0.3, -0.25) is 0 Å². The quantitative estimate of drug-likeness (QED) is 0.656. The number of carbonyl (C=O) groups excluding carboxylic acids is 1. The highest BCUT2D eigenvalue weighted by Crippen LogP contribution is 2.50. The maximum Gasteiger partial charge on any atom is 0.339 e. The Bertz CT molecular complexity index is 830. The summed E-state index contributed by atoms with van der Waals surface area (Å²) in [7, 11) is 1.37. The van der Waals surface area contributed by atoms with Crippen molar-refractivity contribution in [3.05, 3.63) is 77.1 Å². The second-order valence-electron chi connectivity index (χ2n) is 6.26. The second kappa shape index (κ2) is 5.78. The Labute approximate surface area is 140 Å². The Morgan fingerprint density at radius 2 is 1.96 bits per heavy atom. The number of carbonyl (C=O) groups is 1. The molecule has 0 fully saturated rings. The number of rotatable bonds is 2. The zero-order chi connectivity index (χ0) is 16.7. The average Bonchev–Trinajstić information content (AvgIpc) is 3.10. The van der Waals surface area contributed by atoms with Crippen molar-refractivity contribution < 1.29 is 13.9 Å². The van der Waals surface area contributed by atoms with Gasteiger partial charge in [-0.1, -0.05) is 42.5 Å². The van der Waals surface area contributed by atoms with Crippen LogP contribution in [0.3, 0.4) is 0 Å². The molecule has 24 heavy (non-hydrogen) atoms. The Morgan fingerprint density at radius 3 is 2.75 bits per heavy atom. The third-order valence-electron chi connectivity index (χ3n) is 5.04. The minimum absolute atomic E-state index is 0.176. The van der Waals surface area contributed by atoms with Crippen LogP contribution in [0.1, 0.15) is 39.9 Å². The van der Waals surface area contributed by atoms with Gasteiger partial charge in [0.15, 0.2) is 0 Å². The van der Waals surface area contributed by atoms with Crippen molar-refractivity contribution in [2.75, 3.05) is 12.4 Å². The number of para-hydroxylation sites is 1. The molecule has 2 aromatic carbocycles. The number of halogens is 1. The summed E-state index contributed by atoms with van der Waals surface area (Å²) in [6.45, 7) is 0. The highest BCUT2D eigenvalue weighted by Gasteiger charge is 2.40. The van der Waals surface area contributed by atoms with Gasteiger partial charge in [-0.25, -0.2) is 9.18 Å². The molecule has 0 bridgehead atoms. The van der Waals surface area contributed by atoms with Crippen LogP contribution in [0.4, 0.5) is 10.1 Å². The summed E-state index contributed by atoms with van der Waals surface area (Å²) in [4.78, 5) is 12.1. The molecule has 1 aliphatic carbocycles. The van der Waals surface area contributed by atoms with E-state index in [1.165, 1.54) is 13.2 Å². The van der Waals surface area contributed by atoms with E-state index in [1.54, 1.807) is 12.1 Å². The van der Waals surface area contributed by atoms with Crippen molar-refractivity contribution in [3.8, 4) is 0 Å². The largest absolute Gasteiger partial charge is 0.465 e. The molecule has 0 saturated carbocycles. The summed E-state index contributed by atoms with van der Waals surface area (Å²) in [5.41, 5.74) is 2.96. The highest BCUT2D eigenvalue weighted by molar-refractivity contribution is 5.97. The number of hydrogen-bond donors (Lipinski definition) is 1. The molecule has 3 nitrogen and oxygen atoms in total. The molecule has 2 aromatic rings. The number of hydrogen-bond acceptors (Lipinski definition) is 3. The summed E-state index contributed by atoms with van der Waals surface area (Å²) in [5.74, 6) is -0.190. The van der Waals surface area contributed by atoms with Crippen LogP contribution in [0.15, 0.2) is 54.6 Å². The van der Waals surface area contributed by atoms with Gasteiger partial charge in [0.1, 0.15) is 5.82 Å². The van der Waals surface area contributed by atoms with Gasteiger partial charge in [-0.15, -0.1) is 0 Å². The molecule has 2 aliphatic rings. The Balaban J connectivity index is 1.85. The fourth-order valence-electron chi connectivity index (χ4n) is 3.94. The number of benzene rings is 2. The third kappa shape index (κ3) is 2.21. The van der Waals surface area contributed by atoms with E-state index in [0.29, 0.717) is 11.1 Å². The average molecular weight is 323 g/mol. The Hall–Kier alpha value is -2.62. The first-order chi connectivity index (χ1) is 11.7. The van der Waals surface area contributed by atoms with E-state index >= 15 is 0 Å². The van der Waals surface area contributed by atoms with Crippen LogP contribution in [-0.2, 0) is 4.74 Å². The second-order valence-corrected chi connectivity index (χ2v) is 6.26. The molecule has 122 valence electrons. The molecular weight excluding hydrogens is 305 g/mol. The number of allylic oxidation sites excluding steroid dienone is 2. The lowest BCUT2D eigenvalue weighted by Gasteiger charge is -2.38. The first kappa shape index (κ1) is 14.9. The minimum Gasteiger partial charge on any atom is -0.465 e. The van der Waals surface area contributed by atoms with E-state index in [9.17, 15) is 9.18 Å². The fourth-order valence-corrected chi connectivity index (χ4v) is 3.94. The maximum absolute atomic E-state index is 14.4. The van der Waals surface area contributed by atoms with E-state index in [-0.39, 0.29) is 29.7 Å². The molecule has 4 rings (SSSR count). The number of anilines is 1. The van der Waals surface area contributed by atoms with E-state index in [2.05, 4.69) is 17.5 Å². The highest BCUT2D eigenvalue weighted by atomic mass is 19.1. The third-order valence-corrected chi connectivity index (χ3v) is 5.04. The zero-order valence-electron chi connectivity index (χ0n) is 13.3. The lowest BCUT2D eigenvalue weighted by molar-refractivity contribution is 0.0601. The van der Waals surface area contributed by atoms with Gasteiger partial charge in [0.2, 0.25) is 0 Å². The van der Waals surface area contributed by atoms with E-state index in [1.807, 2.05) is 24.3 Å². The van der Waals surface area contributed by atoms with Crippen LogP contribution >= 0.6 is 0 Å². The molecule has 0 saturated heterocycles. The van der Waals surface area contributed by atoms with Crippen molar-refractivity contribution >= 4 is 11.7 Å². The molecule has 4 heteroatoms. The van der Waals surface area contributed by atoms with Crippen LogP contribution in [-0.4, -0.2) is 13.1 Å². The molecule has 0 aromatic heterocycles. The molecule has 0 unspecified atom stereocenters. The van der Waals surface area contributed by atoms with Gasteiger partial charge in [-0.05, 0) is 30.0 Å². The molecule has 3 atom stereocenters. The predicted molar refractivity (Wildman–Crippen MR) is 90.5 cm³/mol. The molecule has 0 radical (unpaired) electrons. The summed E-state index contributed by atoms with van der Waals surface area (Å²) in [6.07, 6.45) is 5.20. The molecule has 1 aliphatic heterocycles. The van der Waals surface area contributed by atoms with Crippen molar-refractivity contribution in [1.29, 1.82) is 0 Å². The fraction of sp³-hybridized carbons (Fsp3) is 0.250. The Kier molecular flexibility index (Phi) is 3.60. The number of methoxy groups -OCH3 is 1. The topological polar surface area (TPSA) is 38.3 Å². The lowest BCUT2D eigenvalue weighted by atomic mass is 9.76. The van der Waals surface area contributed by atoms with Gasteiger partial charge in [0.25, 0.3) is 0 Å². The summed E-state index contributed by atoms with van der Waals surface area (Å²) < 4.78 is 19.3. The number of nitrogens with one attached hydrogen (secondary N) is 1. The number of ether oxygens (including phenoxy) is 1. The van der Waals surface area contributed by atoms with E-state index in [4.69, 9.17) is 4.74 Å². The van der Waals surface area contributed by atoms with Crippen LogP contribution in [0.2, 0.25) is 0 Å². The predicted octanol–water partition coefficient (Wildman–Crippen LogP) is 4.44. The Morgan fingerprint density at radius 1 is 1.17 bits per heavy atom. The minimum atomic E-state index is -0.382. The lowest BCUT2D eigenvalue weighted by Crippen LogP contribution is -2.31. The van der Waals surface area contributed by atoms with Gasteiger partial charge >= 0.3 is 5.97 Å². The molecule has 1 heterocycles. The first-order valence-corrected chi connectivity index (χ1v) is 8.09. The van der Waals surface area contributed by atoms with Crippen molar-refractivity contribution in [1.82, 2.24) is 0 Å². The number of fused-ring (bicyclic) bond motifs is 3. The van der Waals surface area contributed by atoms with Gasteiger partial charge < -0.3 is 10.1 Å². The van der Waals surface area contributed by atoms with Crippen LogP contribution in [0.25, 0.3) is 0 Å². The van der Waals surface area contributed by atoms with Crippen LogP contribution < -0.4 is 5.32 Å². The molecule has 0 spiro atoms. The molecular formula is C20H18FNO2. The summed E-state index contributed by atoms with van der Waals surface area (Å²) in [5, 5.41) is 3.43. The normalized spacial score (nSPS) is 24.0. The SMILES string of the molecule is COC(=O)c1cccc2c1N[C@H](c1ccccc1F)[C@H]1CC=C[C@H]21. The van der Waals surface area contributed by atoms with Crippen LogP contribution in [0, 0.1) is 11.7 Å². The van der Waals surface area contributed by atoms with Crippen LogP contribution in [0.5, 0.6) is 0 Å². The standard InChI is InChI=1S/C20H18FNO2/c1-24-20(23)16-10-5-9-14-12-7-4-8-13(12)18(22-19(14)16)15-6-2-3-11-17(15)21/h2-7,9-13,18,22H,8H2,1H3/t12-,13-,18-/m0/s1. The molecule has 0 amide bonds. The van der Waals surface area contributed by atoms with Crippen molar-refractivity contribution in [3.63, 3.8) is 0 Å². The molecule has 1 N–H and O–H groups in total. The van der Waals surface area contributed by atoms with Crippen molar-refractivity contribution in [2.24, 2.45) is 5.92 Å². The zero-order valence-corrected chi connectivity index (χ0v) is 13.3.